The summed E-state index contributed by atoms with van der Waals surface area (Å²) in [6.45, 7) is 2.69. The van der Waals surface area contributed by atoms with Crippen molar-refractivity contribution >= 4 is 47.2 Å². The highest BCUT2D eigenvalue weighted by Gasteiger charge is 2.26. The van der Waals surface area contributed by atoms with Crippen molar-refractivity contribution in [3.05, 3.63) is 23.2 Å². The summed E-state index contributed by atoms with van der Waals surface area (Å²) in [6.07, 6.45) is 1.58. The predicted octanol–water partition coefficient (Wildman–Crippen LogP) is 2.41. The van der Waals surface area contributed by atoms with Crippen LogP contribution in [-0.2, 0) is 14.3 Å². The largest absolute Gasteiger partial charge is 0.381 e. The van der Waals surface area contributed by atoms with E-state index in [1.807, 2.05) is 0 Å². The van der Waals surface area contributed by atoms with Crippen molar-refractivity contribution in [2.24, 2.45) is 11.7 Å². The average Bonchev–Trinajstić information content (AvgIpc) is 2.49. The molecule has 1 unspecified atom stereocenters. The van der Waals surface area contributed by atoms with Crippen LogP contribution in [0.3, 0.4) is 0 Å². The first-order chi connectivity index (χ1) is 10.5. The number of rotatable bonds is 4. The minimum Gasteiger partial charge on any atom is -0.381 e. The maximum Gasteiger partial charge on any atom is 0.241 e. The number of benzene rings is 1. The number of anilines is 2. The highest BCUT2D eigenvalue weighted by molar-refractivity contribution is 6.34. The zero-order valence-electron chi connectivity index (χ0n) is 12.8. The summed E-state index contributed by atoms with van der Waals surface area (Å²) in [5, 5.41) is 5.72. The second kappa shape index (κ2) is 9.08. The van der Waals surface area contributed by atoms with Gasteiger partial charge in [0.05, 0.1) is 16.8 Å². The van der Waals surface area contributed by atoms with Gasteiger partial charge >= 0.3 is 0 Å². The molecule has 1 saturated heterocycles. The Hall–Kier alpha value is -1.34. The smallest absolute Gasteiger partial charge is 0.241 e. The summed E-state index contributed by atoms with van der Waals surface area (Å²) in [5.74, 6) is -0.321. The maximum absolute atomic E-state index is 12.2. The van der Waals surface area contributed by atoms with E-state index < -0.39 is 6.04 Å². The molecule has 2 rings (SSSR count). The number of amides is 2. The van der Waals surface area contributed by atoms with E-state index in [9.17, 15) is 9.59 Å². The van der Waals surface area contributed by atoms with Crippen LogP contribution < -0.4 is 16.4 Å². The molecule has 1 aromatic carbocycles. The number of nitrogens with one attached hydrogen (secondary N) is 2. The molecule has 1 fully saturated rings. The van der Waals surface area contributed by atoms with Gasteiger partial charge in [-0.1, -0.05) is 11.6 Å². The fourth-order valence-corrected chi connectivity index (χ4v) is 2.63. The lowest BCUT2D eigenvalue weighted by Gasteiger charge is -2.26. The molecule has 128 valence electrons. The minimum atomic E-state index is -0.572. The lowest BCUT2D eigenvalue weighted by Crippen LogP contribution is -2.44. The van der Waals surface area contributed by atoms with Crippen molar-refractivity contribution < 1.29 is 14.3 Å². The molecule has 4 N–H and O–H groups in total. The van der Waals surface area contributed by atoms with Crippen molar-refractivity contribution in [1.29, 1.82) is 0 Å². The van der Waals surface area contributed by atoms with Crippen LogP contribution >= 0.6 is 24.0 Å². The topological polar surface area (TPSA) is 93.5 Å². The average molecular weight is 362 g/mol. The normalized spacial score (nSPS) is 16.1. The number of nitrogens with two attached hydrogens (primary N) is 1. The fraction of sp³-hybridized carbons (Fsp3) is 0.467. The molecule has 1 aliphatic heterocycles. The second-order valence-corrected chi connectivity index (χ2v) is 5.75. The van der Waals surface area contributed by atoms with Gasteiger partial charge in [0.15, 0.2) is 0 Å². The van der Waals surface area contributed by atoms with Gasteiger partial charge in [-0.3, -0.25) is 9.59 Å². The Kier molecular flexibility index (Phi) is 7.78. The van der Waals surface area contributed by atoms with E-state index in [1.165, 1.54) is 6.92 Å². The number of hydrogen-bond acceptors (Lipinski definition) is 4. The molecular weight excluding hydrogens is 341 g/mol. The van der Waals surface area contributed by atoms with Gasteiger partial charge in [-0.25, -0.2) is 0 Å². The van der Waals surface area contributed by atoms with Crippen LogP contribution in [0.25, 0.3) is 0 Å². The van der Waals surface area contributed by atoms with Crippen LogP contribution in [0.1, 0.15) is 19.8 Å². The summed E-state index contributed by atoms with van der Waals surface area (Å²) in [5.41, 5.74) is 7.06. The molecule has 1 aromatic rings. The molecule has 1 atom stereocenters. The van der Waals surface area contributed by atoms with Crippen molar-refractivity contribution in [2.45, 2.75) is 25.8 Å². The third-order valence-corrected chi connectivity index (χ3v) is 3.94. The molecule has 1 heterocycles. The summed E-state index contributed by atoms with van der Waals surface area (Å²) >= 11 is 6.07. The van der Waals surface area contributed by atoms with Gasteiger partial charge in [-0.2, -0.15) is 0 Å². The van der Waals surface area contributed by atoms with Crippen molar-refractivity contribution in [2.75, 3.05) is 23.8 Å². The van der Waals surface area contributed by atoms with Gasteiger partial charge in [0, 0.05) is 25.8 Å². The fourth-order valence-electron chi connectivity index (χ4n) is 2.40. The van der Waals surface area contributed by atoms with Gasteiger partial charge in [-0.15, -0.1) is 12.4 Å². The number of carbonyl (C=O) groups is 2. The quantitative estimate of drug-likeness (QED) is 0.767. The number of hydrogen-bond donors (Lipinski definition) is 3. The molecule has 0 radical (unpaired) electrons. The maximum atomic E-state index is 12.2. The lowest BCUT2D eigenvalue weighted by atomic mass is 9.92. The Balaban J connectivity index is 0.00000264. The lowest BCUT2D eigenvalue weighted by molar-refractivity contribution is -0.119. The number of carbonyl (C=O) groups excluding carboxylic acids is 2. The van der Waals surface area contributed by atoms with Crippen LogP contribution in [0, 0.1) is 5.92 Å². The third-order valence-electron chi connectivity index (χ3n) is 3.62. The van der Waals surface area contributed by atoms with E-state index in [0.717, 1.165) is 12.8 Å². The Morgan fingerprint density at radius 3 is 2.52 bits per heavy atom. The Morgan fingerprint density at radius 1 is 1.30 bits per heavy atom. The van der Waals surface area contributed by atoms with Crippen molar-refractivity contribution in [3.8, 4) is 0 Å². The molecule has 6 nitrogen and oxygen atoms in total. The molecule has 0 aromatic heterocycles. The zero-order valence-corrected chi connectivity index (χ0v) is 14.4. The summed E-state index contributed by atoms with van der Waals surface area (Å²) in [4.78, 5) is 23.2. The first-order valence-corrected chi connectivity index (χ1v) is 7.56. The summed E-state index contributed by atoms with van der Waals surface area (Å²) in [6, 6.07) is 4.32. The number of ether oxygens (including phenoxy) is 1. The van der Waals surface area contributed by atoms with Crippen LogP contribution in [0.4, 0.5) is 11.4 Å². The van der Waals surface area contributed by atoms with Crippen molar-refractivity contribution in [1.82, 2.24) is 0 Å². The zero-order chi connectivity index (χ0) is 16.1. The van der Waals surface area contributed by atoms with Gasteiger partial charge in [0.2, 0.25) is 11.8 Å². The summed E-state index contributed by atoms with van der Waals surface area (Å²) in [7, 11) is 0. The van der Waals surface area contributed by atoms with E-state index in [1.54, 1.807) is 18.2 Å². The molecule has 0 bridgehead atoms. The van der Waals surface area contributed by atoms with Crippen LogP contribution in [0.15, 0.2) is 18.2 Å². The van der Waals surface area contributed by atoms with E-state index in [0.29, 0.717) is 29.6 Å². The molecule has 0 spiro atoms. The molecule has 23 heavy (non-hydrogen) atoms. The SMILES string of the molecule is CC(=O)Nc1ccc(NC(=O)C(N)C2CCOCC2)cc1Cl.Cl. The predicted molar refractivity (Wildman–Crippen MR) is 93.2 cm³/mol. The standard InChI is InChI=1S/C15H20ClN3O3.ClH/c1-9(20)18-13-3-2-11(8-12(13)16)19-15(21)14(17)10-4-6-22-7-5-10;/h2-3,8,10,14H,4-7,17H2,1H3,(H,18,20)(H,19,21);1H. The molecule has 0 aliphatic carbocycles. The molecular formula is C15H21Cl2N3O3. The second-order valence-electron chi connectivity index (χ2n) is 5.34. The number of halogens is 2. The van der Waals surface area contributed by atoms with E-state index in [4.69, 9.17) is 22.1 Å². The molecule has 1 aliphatic rings. The van der Waals surface area contributed by atoms with Gasteiger partial charge in [0.25, 0.3) is 0 Å². The van der Waals surface area contributed by atoms with Gasteiger partial charge in [0.1, 0.15) is 0 Å². The third kappa shape index (κ3) is 5.66. The van der Waals surface area contributed by atoms with E-state index in [-0.39, 0.29) is 30.1 Å². The first-order valence-electron chi connectivity index (χ1n) is 7.18. The monoisotopic (exact) mass is 361 g/mol. The first kappa shape index (κ1) is 19.7. The Labute approximate surface area is 146 Å². The van der Waals surface area contributed by atoms with Crippen LogP contribution in [0.5, 0.6) is 0 Å². The van der Waals surface area contributed by atoms with Gasteiger partial charge < -0.3 is 21.1 Å². The highest BCUT2D eigenvalue weighted by Crippen LogP contribution is 2.26. The van der Waals surface area contributed by atoms with Crippen LogP contribution in [-0.4, -0.2) is 31.1 Å². The van der Waals surface area contributed by atoms with Crippen molar-refractivity contribution in [3.63, 3.8) is 0 Å². The molecule has 0 saturated carbocycles. The Bertz CT molecular complexity index is 563. The Morgan fingerprint density at radius 2 is 1.96 bits per heavy atom. The van der Waals surface area contributed by atoms with Gasteiger partial charge in [-0.05, 0) is 37.0 Å². The minimum absolute atomic E-state index is 0. The highest BCUT2D eigenvalue weighted by atomic mass is 35.5. The van der Waals surface area contributed by atoms with E-state index >= 15 is 0 Å². The molecule has 8 heteroatoms. The molecule has 2 amide bonds. The van der Waals surface area contributed by atoms with E-state index in [2.05, 4.69) is 10.6 Å². The summed E-state index contributed by atoms with van der Waals surface area (Å²) < 4.78 is 5.27. The van der Waals surface area contributed by atoms with Crippen LogP contribution in [0.2, 0.25) is 5.02 Å².